The highest BCUT2D eigenvalue weighted by Crippen LogP contribution is 2.38. The highest BCUT2D eigenvalue weighted by Gasteiger charge is 2.33. The maximum atomic E-state index is 13.2. The third kappa shape index (κ3) is 4.91. The lowest BCUT2D eigenvalue weighted by molar-refractivity contribution is -0.113. The molecule has 0 atom stereocenters. The van der Waals surface area contributed by atoms with Gasteiger partial charge in [-0.2, -0.15) is 0 Å². The number of thioether (sulfide) groups is 1. The van der Waals surface area contributed by atoms with E-state index >= 15 is 0 Å². The monoisotopic (exact) mass is 517 g/mol. The molecule has 0 spiro atoms. The Morgan fingerprint density at radius 3 is 2.63 bits per heavy atom. The molecule has 0 N–H and O–H groups in total. The van der Waals surface area contributed by atoms with Gasteiger partial charge in [0.15, 0.2) is 4.32 Å². The molecule has 5 rings (SSSR count). The topological polar surface area (TPSA) is 38.8 Å². The number of methoxy groups -OCH3 is 1. The van der Waals surface area contributed by atoms with Crippen LogP contribution in [-0.2, 0) is 11.4 Å². The molecule has 4 aromatic carbocycles. The van der Waals surface area contributed by atoms with E-state index in [4.69, 9.17) is 33.3 Å². The average Bonchev–Trinajstić information content (AvgIpc) is 3.15. The Balaban J connectivity index is 1.34. The number of rotatable bonds is 6. The molecule has 1 fully saturated rings. The Morgan fingerprint density at radius 2 is 1.80 bits per heavy atom. The van der Waals surface area contributed by atoms with Crippen LogP contribution in [0.15, 0.2) is 89.8 Å². The van der Waals surface area contributed by atoms with Crippen LogP contribution in [0.4, 0.5) is 5.69 Å². The van der Waals surface area contributed by atoms with E-state index in [0.29, 0.717) is 32.3 Å². The van der Waals surface area contributed by atoms with E-state index in [1.807, 2.05) is 48.5 Å². The molecule has 1 saturated heterocycles. The first-order valence-electron chi connectivity index (χ1n) is 10.8. The molecule has 1 amide bonds. The van der Waals surface area contributed by atoms with E-state index in [9.17, 15) is 4.79 Å². The summed E-state index contributed by atoms with van der Waals surface area (Å²) in [7, 11) is 1.54. The number of hydrogen-bond acceptors (Lipinski definition) is 5. The van der Waals surface area contributed by atoms with Crippen LogP contribution >= 0.6 is 35.6 Å². The number of carbonyl (C=O) groups excluding carboxylic acids is 1. The zero-order valence-corrected chi connectivity index (χ0v) is 21.1. The standard InChI is InChI=1S/C28H20ClNO3S2/c1-32-25-13-12-21(16-24(25)29)30-27(31)26(35-28(30)34)15-18-6-4-10-22(14-18)33-17-20-9-5-8-19-7-2-3-11-23(19)20/h2-16H,17H2,1H3/b26-15+. The smallest absolute Gasteiger partial charge is 0.270 e. The van der Waals surface area contributed by atoms with Gasteiger partial charge in [0.2, 0.25) is 0 Å². The van der Waals surface area contributed by atoms with Crippen molar-refractivity contribution in [2.45, 2.75) is 6.61 Å². The van der Waals surface area contributed by atoms with Gasteiger partial charge < -0.3 is 9.47 Å². The van der Waals surface area contributed by atoms with Crippen molar-refractivity contribution in [1.29, 1.82) is 0 Å². The molecular formula is C28H20ClNO3S2. The lowest BCUT2D eigenvalue weighted by atomic mass is 10.1. The van der Waals surface area contributed by atoms with Crippen LogP contribution in [0.25, 0.3) is 16.8 Å². The van der Waals surface area contributed by atoms with Crippen LogP contribution in [0.2, 0.25) is 5.02 Å². The summed E-state index contributed by atoms with van der Waals surface area (Å²) in [6.07, 6.45) is 1.83. The number of thiocarbonyl (C=S) groups is 1. The molecule has 4 nitrogen and oxygen atoms in total. The quantitative estimate of drug-likeness (QED) is 0.196. The molecule has 1 aliphatic rings. The van der Waals surface area contributed by atoms with Crippen LogP contribution < -0.4 is 14.4 Å². The second kappa shape index (κ2) is 10.1. The summed E-state index contributed by atoms with van der Waals surface area (Å²) in [5.74, 6) is 1.07. The number of fused-ring (bicyclic) bond motifs is 1. The summed E-state index contributed by atoms with van der Waals surface area (Å²) in [6.45, 7) is 0.450. The predicted molar refractivity (Wildman–Crippen MR) is 148 cm³/mol. The number of ether oxygens (including phenoxy) is 2. The van der Waals surface area contributed by atoms with Crippen molar-refractivity contribution in [3.05, 3.63) is 106 Å². The normalized spacial score (nSPS) is 14.7. The van der Waals surface area contributed by atoms with E-state index in [1.165, 1.54) is 27.4 Å². The van der Waals surface area contributed by atoms with Crippen LogP contribution in [0.5, 0.6) is 11.5 Å². The fraction of sp³-hybridized carbons (Fsp3) is 0.0714. The van der Waals surface area contributed by atoms with Gasteiger partial charge >= 0.3 is 0 Å². The largest absolute Gasteiger partial charge is 0.495 e. The van der Waals surface area contributed by atoms with Gasteiger partial charge in [0.05, 0.1) is 22.7 Å². The van der Waals surface area contributed by atoms with Crippen LogP contribution in [0, 0.1) is 0 Å². The second-order valence-corrected chi connectivity index (χ2v) is 9.92. The minimum Gasteiger partial charge on any atom is -0.495 e. The number of carbonyl (C=O) groups is 1. The summed E-state index contributed by atoms with van der Waals surface area (Å²) >= 11 is 13.0. The Kier molecular flexibility index (Phi) is 6.77. The van der Waals surface area contributed by atoms with E-state index in [1.54, 1.807) is 25.3 Å². The highest BCUT2D eigenvalue weighted by atomic mass is 35.5. The van der Waals surface area contributed by atoms with Crippen molar-refractivity contribution in [2.75, 3.05) is 12.0 Å². The lowest BCUT2D eigenvalue weighted by Crippen LogP contribution is -2.27. The summed E-state index contributed by atoms with van der Waals surface area (Å²) < 4.78 is 11.7. The van der Waals surface area contributed by atoms with Crippen molar-refractivity contribution < 1.29 is 14.3 Å². The van der Waals surface area contributed by atoms with E-state index in [0.717, 1.165) is 16.9 Å². The number of nitrogens with zero attached hydrogens (tertiary/aromatic N) is 1. The molecule has 0 aromatic heterocycles. The number of halogens is 1. The van der Waals surface area contributed by atoms with Crippen molar-refractivity contribution in [3.63, 3.8) is 0 Å². The molecule has 0 unspecified atom stereocenters. The van der Waals surface area contributed by atoms with Crippen molar-refractivity contribution in [2.24, 2.45) is 0 Å². The van der Waals surface area contributed by atoms with Crippen molar-refractivity contribution in [3.8, 4) is 11.5 Å². The molecule has 0 saturated carbocycles. The second-order valence-electron chi connectivity index (χ2n) is 7.84. The molecule has 1 aliphatic heterocycles. The van der Waals surface area contributed by atoms with Gasteiger partial charge in [-0.05, 0) is 58.3 Å². The Labute approximate surface area is 218 Å². The average molecular weight is 518 g/mol. The SMILES string of the molecule is COc1ccc(N2C(=O)/C(=C\c3cccc(OCc4cccc5ccccc45)c3)SC2=S)cc1Cl. The highest BCUT2D eigenvalue weighted by molar-refractivity contribution is 8.27. The van der Waals surface area contributed by atoms with Gasteiger partial charge in [-0.25, -0.2) is 0 Å². The molecule has 0 aliphatic carbocycles. The minimum atomic E-state index is -0.191. The van der Waals surface area contributed by atoms with Crippen LogP contribution in [0.1, 0.15) is 11.1 Å². The van der Waals surface area contributed by atoms with Gasteiger partial charge in [0, 0.05) is 0 Å². The zero-order chi connectivity index (χ0) is 24.4. The van der Waals surface area contributed by atoms with Crippen molar-refractivity contribution in [1.82, 2.24) is 0 Å². The number of hydrogen-bond donors (Lipinski definition) is 0. The van der Waals surface area contributed by atoms with Gasteiger partial charge in [-0.3, -0.25) is 9.69 Å². The number of amides is 1. The summed E-state index contributed by atoms with van der Waals surface area (Å²) in [6, 6.07) is 27.3. The van der Waals surface area contributed by atoms with E-state index in [2.05, 4.69) is 24.3 Å². The molecular weight excluding hydrogens is 498 g/mol. The van der Waals surface area contributed by atoms with Crippen molar-refractivity contribution >= 4 is 68.3 Å². The third-order valence-electron chi connectivity index (χ3n) is 5.62. The van der Waals surface area contributed by atoms with Gasteiger partial charge in [-0.15, -0.1) is 0 Å². The fourth-order valence-corrected chi connectivity index (χ4v) is 5.46. The van der Waals surface area contributed by atoms with Crippen LogP contribution in [-0.4, -0.2) is 17.3 Å². The third-order valence-corrected chi connectivity index (χ3v) is 7.21. The Hall–Kier alpha value is -3.32. The molecule has 7 heteroatoms. The zero-order valence-electron chi connectivity index (χ0n) is 18.7. The Bertz CT molecular complexity index is 1480. The fourth-order valence-electron chi connectivity index (χ4n) is 3.91. The first-order valence-corrected chi connectivity index (χ1v) is 12.4. The van der Waals surface area contributed by atoms with Gasteiger partial charge in [-0.1, -0.05) is 90.2 Å². The Morgan fingerprint density at radius 1 is 1.00 bits per heavy atom. The molecule has 0 radical (unpaired) electrons. The first kappa shape index (κ1) is 23.4. The van der Waals surface area contributed by atoms with E-state index in [-0.39, 0.29) is 5.91 Å². The summed E-state index contributed by atoms with van der Waals surface area (Å²) in [5, 5.41) is 2.77. The summed E-state index contributed by atoms with van der Waals surface area (Å²) in [4.78, 5) is 15.2. The van der Waals surface area contributed by atoms with Gasteiger partial charge in [0.1, 0.15) is 18.1 Å². The summed E-state index contributed by atoms with van der Waals surface area (Å²) in [5.41, 5.74) is 2.58. The molecule has 35 heavy (non-hydrogen) atoms. The molecule has 174 valence electrons. The van der Waals surface area contributed by atoms with Gasteiger partial charge in [0.25, 0.3) is 5.91 Å². The maximum Gasteiger partial charge on any atom is 0.270 e. The van der Waals surface area contributed by atoms with Crippen LogP contribution in [0.3, 0.4) is 0 Å². The lowest BCUT2D eigenvalue weighted by Gasteiger charge is -2.15. The minimum absolute atomic E-state index is 0.191. The molecule has 0 bridgehead atoms. The maximum absolute atomic E-state index is 13.2. The predicted octanol–water partition coefficient (Wildman–Crippen LogP) is 7.49. The molecule has 1 heterocycles. The first-order chi connectivity index (χ1) is 17.0. The van der Waals surface area contributed by atoms with E-state index < -0.39 is 0 Å². The number of benzene rings is 4. The number of anilines is 1. The molecule has 4 aromatic rings.